The smallest absolute Gasteiger partial charge is 0.272 e. The van der Waals surface area contributed by atoms with Gasteiger partial charge in [-0.25, -0.2) is 4.98 Å². The van der Waals surface area contributed by atoms with E-state index >= 15 is 0 Å². The molecule has 1 fully saturated rings. The molecular weight excluding hydrogens is 378 g/mol. The van der Waals surface area contributed by atoms with Gasteiger partial charge in [0.25, 0.3) is 5.56 Å². The largest absolute Gasteiger partial charge is 0.342 e. The van der Waals surface area contributed by atoms with E-state index in [-0.39, 0.29) is 11.5 Å². The second kappa shape index (κ2) is 7.72. The summed E-state index contributed by atoms with van der Waals surface area (Å²) in [5.41, 5.74) is 2.80. The highest BCUT2D eigenvalue weighted by Gasteiger charge is 2.27. The molecule has 3 heterocycles. The molecule has 5 nitrogen and oxygen atoms in total. The van der Waals surface area contributed by atoms with Gasteiger partial charge >= 0.3 is 0 Å². The molecule has 1 saturated heterocycles. The summed E-state index contributed by atoms with van der Waals surface area (Å²) in [5, 5.41) is 0.975. The van der Waals surface area contributed by atoms with Gasteiger partial charge in [-0.3, -0.25) is 14.2 Å². The summed E-state index contributed by atoms with van der Waals surface area (Å²) in [6.07, 6.45) is 2.96. The van der Waals surface area contributed by atoms with Gasteiger partial charge in [0.05, 0.1) is 22.0 Å². The van der Waals surface area contributed by atoms with Gasteiger partial charge in [0.15, 0.2) is 5.16 Å². The molecule has 1 unspecified atom stereocenters. The highest BCUT2D eigenvalue weighted by atomic mass is 32.2. The average Bonchev–Trinajstić information content (AvgIpc) is 3.30. The van der Waals surface area contributed by atoms with Crippen LogP contribution in [0.25, 0.3) is 5.69 Å². The van der Waals surface area contributed by atoms with E-state index in [0.717, 1.165) is 54.2 Å². The molecular formula is C20H23N3O2S2. The van der Waals surface area contributed by atoms with E-state index in [0.29, 0.717) is 16.2 Å². The lowest BCUT2D eigenvalue weighted by Gasteiger charge is -2.17. The van der Waals surface area contributed by atoms with Gasteiger partial charge in [-0.05, 0) is 31.9 Å². The molecule has 1 aromatic carbocycles. The van der Waals surface area contributed by atoms with Gasteiger partial charge in [0, 0.05) is 24.8 Å². The minimum absolute atomic E-state index is 0.0191. The van der Waals surface area contributed by atoms with Gasteiger partial charge < -0.3 is 4.90 Å². The fourth-order valence-corrected chi connectivity index (χ4v) is 5.53. The van der Waals surface area contributed by atoms with Gasteiger partial charge in [0.1, 0.15) is 0 Å². The number of benzene rings is 1. The molecule has 1 amide bonds. The molecule has 0 N–H and O–H groups in total. The molecule has 142 valence electrons. The lowest BCUT2D eigenvalue weighted by atomic mass is 10.2. The molecule has 27 heavy (non-hydrogen) atoms. The standard InChI is InChI=1S/C20H23N3O2S2/c1-13-5-7-15(8-6-13)23-19(25)18-16(11-14(2)27-18)21-20(23)26-12-17(24)22-9-3-4-10-22/h5-8,14H,3-4,9-12H2,1-2H3. The number of carbonyl (C=O) groups is 1. The number of hydrogen-bond acceptors (Lipinski definition) is 5. The number of nitrogens with zero attached hydrogens (tertiary/aromatic N) is 3. The van der Waals surface area contributed by atoms with Crippen LogP contribution in [0.2, 0.25) is 0 Å². The van der Waals surface area contributed by atoms with Crippen molar-refractivity contribution in [3.05, 3.63) is 45.9 Å². The van der Waals surface area contributed by atoms with Crippen molar-refractivity contribution in [2.24, 2.45) is 0 Å². The lowest BCUT2D eigenvalue weighted by Crippen LogP contribution is -2.30. The van der Waals surface area contributed by atoms with E-state index in [2.05, 4.69) is 6.92 Å². The molecule has 7 heteroatoms. The molecule has 0 bridgehead atoms. The number of thioether (sulfide) groups is 2. The van der Waals surface area contributed by atoms with Gasteiger partial charge in [-0.1, -0.05) is 36.4 Å². The van der Waals surface area contributed by atoms with Gasteiger partial charge in [-0.15, -0.1) is 11.8 Å². The van der Waals surface area contributed by atoms with E-state index in [1.807, 2.05) is 36.1 Å². The van der Waals surface area contributed by atoms with Crippen LogP contribution in [-0.4, -0.2) is 44.5 Å². The molecule has 2 aliphatic rings. The summed E-state index contributed by atoms with van der Waals surface area (Å²) in [5.74, 6) is 0.449. The minimum atomic E-state index is -0.0191. The quantitative estimate of drug-likeness (QED) is 0.581. The Morgan fingerprint density at radius 1 is 1.26 bits per heavy atom. The average molecular weight is 402 g/mol. The van der Waals surface area contributed by atoms with Crippen molar-refractivity contribution >= 4 is 29.4 Å². The predicted molar refractivity (Wildman–Crippen MR) is 110 cm³/mol. The molecule has 0 spiro atoms. The van der Waals surface area contributed by atoms with Crippen LogP contribution in [0.3, 0.4) is 0 Å². The zero-order chi connectivity index (χ0) is 19.0. The maximum Gasteiger partial charge on any atom is 0.272 e. The highest BCUT2D eigenvalue weighted by molar-refractivity contribution is 8.00. The van der Waals surface area contributed by atoms with Crippen LogP contribution in [0.15, 0.2) is 39.1 Å². The highest BCUT2D eigenvalue weighted by Crippen LogP contribution is 2.35. The van der Waals surface area contributed by atoms with Crippen LogP contribution < -0.4 is 5.56 Å². The Morgan fingerprint density at radius 3 is 2.67 bits per heavy atom. The minimum Gasteiger partial charge on any atom is -0.342 e. The van der Waals surface area contributed by atoms with Crippen molar-refractivity contribution in [1.82, 2.24) is 14.5 Å². The van der Waals surface area contributed by atoms with Crippen LogP contribution in [-0.2, 0) is 11.2 Å². The number of aryl methyl sites for hydroxylation is 1. The number of rotatable bonds is 4. The maximum absolute atomic E-state index is 13.2. The first-order valence-corrected chi connectivity index (χ1v) is 11.2. The Bertz CT molecular complexity index is 918. The van der Waals surface area contributed by atoms with Crippen LogP contribution >= 0.6 is 23.5 Å². The summed E-state index contributed by atoms with van der Waals surface area (Å²) in [4.78, 5) is 33.1. The second-order valence-electron chi connectivity index (χ2n) is 7.16. The predicted octanol–water partition coefficient (Wildman–Crippen LogP) is 3.29. The molecule has 0 aliphatic carbocycles. The summed E-state index contributed by atoms with van der Waals surface area (Å²) in [6.45, 7) is 5.83. The fourth-order valence-electron chi connectivity index (χ4n) is 3.50. The summed E-state index contributed by atoms with van der Waals surface area (Å²) in [7, 11) is 0. The Morgan fingerprint density at radius 2 is 1.96 bits per heavy atom. The van der Waals surface area contributed by atoms with E-state index in [4.69, 9.17) is 4.98 Å². The lowest BCUT2D eigenvalue weighted by molar-refractivity contribution is -0.127. The van der Waals surface area contributed by atoms with Crippen LogP contribution in [0.4, 0.5) is 0 Å². The fraction of sp³-hybridized carbons (Fsp3) is 0.450. The normalized spacial score (nSPS) is 18.7. The third-order valence-electron chi connectivity index (χ3n) is 4.96. The van der Waals surface area contributed by atoms with Crippen molar-refractivity contribution in [2.45, 2.75) is 48.4 Å². The number of likely N-dealkylation sites (tertiary alicyclic amines) is 1. The summed E-state index contributed by atoms with van der Waals surface area (Å²) < 4.78 is 1.67. The van der Waals surface area contributed by atoms with Gasteiger partial charge in [0.2, 0.25) is 5.91 Å². The third kappa shape index (κ3) is 3.80. The van der Waals surface area contributed by atoms with Crippen molar-refractivity contribution in [3.63, 3.8) is 0 Å². The van der Waals surface area contributed by atoms with E-state index < -0.39 is 0 Å². The van der Waals surface area contributed by atoms with E-state index in [9.17, 15) is 9.59 Å². The van der Waals surface area contributed by atoms with Crippen LogP contribution in [0.1, 0.15) is 31.0 Å². The Balaban J connectivity index is 1.69. The molecule has 2 aliphatic heterocycles. The molecule has 0 radical (unpaired) electrons. The third-order valence-corrected chi connectivity index (χ3v) is 7.10. The van der Waals surface area contributed by atoms with E-state index in [1.165, 1.54) is 11.8 Å². The SMILES string of the molecule is Cc1ccc(-n2c(SCC(=O)N3CCCC3)nc3c(c2=O)SC(C)C3)cc1. The summed E-state index contributed by atoms with van der Waals surface area (Å²) in [6, 6.07) is 7.88. The Labute approximate surface area is 167 Å². The summed E-state index contributed by atoms with van der Waals surface area (Å²) >= 11 is 2.98. The maximum atomic E-state index is 13.2. The van der Waals surface area contributed by atoms with Gasteiger partial charge in [-0.2, -0.15) is 0 Å². The monoisotopic (exact) mass is 401 g/mol. The Kier molecular flexibility index (Phi) is 5.32. The zero-order valence-corrected chi connectivity index (χ0v) is 17.2. The second-order valence-corrected chi connectivity index (χ2v) is 9.55. The molecule has 4 rings (SSSR count). The molecule has 1 aromatic heterocycles. The molecule has 2 aromatic rings. The van der Waals surface area contributed by atoms with Crippen molar-refractivity contribution in [3.8, 4) is 5.69 Å². The first-order valence-electron chi connectivity index (χ1n) is 9.33. The van der Waals surface area contributed by atoms with Crippen LogP contribution in [0.5, 0.6) is 0 Å². The van der Waals surface area contributed by atoms with Crippen molar-refractivity contribution < 1.29 is 4.79 Å². The Hall–Kier alpha value is -1.73. The van der Waals surface area contributed by atoms with Crippen molar-refractivity contribution in [1.29, 1.82) is 0 Å². The van der Waals surface area contributed by atoms with E-state index in [1.54, 1.807) is 16.3 Å². The molecule has 0 saturated carbocycles. The number of carbonyl (C=O) groups excluding carboxylic acids is 1. The molecule has 1 atom stereocenters. The topological polar surface area (TPSA) is 55.2 Å². The zero-order valence-electron chi connectivity index (χ0n) is 15.6. The first kappa shape index (κ1) is 18.6. The van der Waals surface area contributed by atoms with Crippen molar-refractivity contribution in [2.75, 3.05) is 18.8 Å². The van der Waals surface area contributed by atoms with Crippen LogP contribution in [0, 0.1) is 6.92 Å². The number of fused-ring (bicyclic) bond motifs is 1. The number of amides is 1. The number of aromatic nitrogens is 2. The number of hydrogen-bond donors (Lipinski definition) is 0. The first-order chi connectivity index (χ1) is 13.0.